The highest BCUT2D eigenvalue weighted by atomic mass is 16.5. The van der Waals surface area contributed by atoms with E-state index in [-0.39, 0.29) is 5.91 Å². The largest absolute Gasteiger partial charge is 0.492 e. The molecule has 6 heteroatoms. The molecule has 0 N–H and O–H groups in total. The van der Waals surface area contributed by atoms with Gasteiger partial charge in [-0.05, 0) is 25.8 Å². The number of aryl methyl sites for hydroxylation is 1. The molecule has 0 radical (unpaired) electrons. The van der Waals surface area contributed by atoms with Gasteiger partial charge in [0.25, 0.3) is 0 Å². The van der Waals surface area contributed by atoms with Crippen molar-refractivity contribution >= 4 is 5.91 Å². The molecule has 1 atom stereocenters. The first-order chi connectivity index (χ1) is 13.2. The van der Waals surface area contributed by atoms with Crippen LogP contribution in [0, 0.1) is 0 Å². The summed E-state index contributed by atoms with van der Waals surface area (Å²) in [6.07, 6.45) is 6.05. The van der Waals surface area contributed by atoms with Gasteiger partial charge in [-0.1, -0.05) is 18.2 Å². The van der Waals surface area contributed by atoms with Crippen molar-refractivity contribution in [3.05, 3.63) is 48.0 Å². The van der Waals surface area contributed by atoms with Crippen LogP contribution in [0.25, 0.3) is 0 Å². The first-order valence-electron chi connectivity index (χ1n) is 9.96. The first-order valence-corrected chi connectivity index (χ1v) is 9.96. The molecular weight excluding hydrogens is 340 g/mol. The number of para-hydroxylation sites is 1. The van der Waals surface area contributed by atoms with Gasteiger partial charge in [0.05, 0.1) is 6.54 Å². The minimum absolute atomic E-state index is 0.216. The molecule has 1 aromatic carbocycles. The molecule has 0 bridgehead atoms. The van der Waals surface area contributed by atoms with Crippen LogP contribution < -0.4 is 4.74 Å². The van der Waals surface area contributed by atoms with Crippen LogP contribution in [0.15, 0.2) is 36.7 Å². The Labute approximate surface area is 160 Å². The van der Waals surface area contributed by atoms with E-state index in [1.165, 1.54) is 0 Å². The van der Waals surface area contributed by atoms with Crippen LogP contribution in [0.1, 0.15) is 37.1 Å². The van der Waals surface area contributed by atoms with E-state index in [0.29, 0.717) is 19.1 Å². The van der Waals surface area contributed by atoms with Gasteiger partial charge in [-0.25, -0.2) is 4.98 Å². The lowest BCUT2D eigenvalue weighted by atomic mass is 9.97. The number of nitrogens with zero attached hydrogens (tertiary/aromatic N) is 4. The van der Waals surface area contributed by atoms with Gasteiger partial charge in [-0.15, -0.1) is 0 Å². The topological polar surface area (TPSA) is 50.6 Å². The molecule has 0 unspecified atom stereocenters. The zero-order valence-electron chi connectivity index (χ0n) is 16.0. The number of carbonyl (C=O) groups is 1. The second-order valence-electron chi connectivity index (χ2n) is 7.42. The molecule has 2 aliphatic heterocycles. The molecule has 0 aliphatic carbocycles. The van der Waals surface area contributed by atoms with E-state index in [9.17, 15) is 4.79 Å². The van der Waals surface area contributed by atoms with Crippen molar-refractivity contribution in [1.29, 1.82) is 0 Å². The second kappa shape index (κ2) is 8.13. The van der Waals surface area contributed by atoms with Crippen molar-refractivity contribution in [3.63, 3.8) is 0 Å². The van der Waals surface area contributed by atoms with Crippen molar-refractivity contribution in [2.24, 2.45) is 0 Å². The second-order valence-corrected chi connectivity index (χ2v) is 7.42. The lowest BCUT2D eigenvalue weighted by Crippen LogP contribution is -2.45. The zero-order valence-corrected chi connectivity index (χ0v) is 16.0. The fourth-order valence-corrected chi connectivity index (χ4v) is 4.17. The Kier molecular flexibility index (Phi) is 5.43. The number of hydrogen-bond donors (Lipinski definition) is 0. The number of likely N-dealkylation sites (tertiary alicyclic amines) is 1. The third-order valence-electron chi connectivity index (χ3n) is 5.62. The Morgan fingerprint density at radius 3 is 3.07 bits per heavy atom. The molecule has 0 spiro atoms. The van der Waals surface area contributed by atoms with E-state index in [2.05, 4.69) is 27.4 Å². The molecule has 1 saturated heterocycles. The first kappa shape index (κ1) is 18.0. The maximum atomic E-state index is 13.0. The summed E-state index contributed by atoms with van der Waals surface area (Å²) >= 11 is 0. The van der Waals surface area contributed by atoms with Crippen LogP contribution in [0.3, 0.4) is 0 Å². The highest BCUT2D eigenvalue weighted by Gasteiger charge is 2.28. The number of amides is 1. The van der Waals surface area contributed by atoms with Gasteiger partial charge in [-0.3, -0.25) is 9.69 Å². The molecule has 2 aromatic rings. The van der Waals surface area contributed by atoms with Crippen LogP contribution in [-0.2, 0) is 17.9 Å². The predicted octanol–water partition coefficient (Wildman–Crippen LogP) is 2.50. The number of fused-ring (bicyclic) bond motifs is 1. The lowest BCUT2D eigenvalue weighted by molar-refractivity contribution is -0.133. The van der Waals surface area contributed by atoms with Gasteiger partial charge < -0.3 is 14.2 Å². The van der Waals surface area contributed by atoms with Gasteiger partial charge in [-0.2, -0.15) is 0 Å². The number of hydrogen-bond acceptors (Lipinski definition) is 4. The molecule has 1 aromatic heterocycles. The van der Waals surface area contributed by atoms with E-state index >= 15 is 0 Å². The van der Waals surface area contributed by atoms with Crippen LogP contribution >= 0.6 is 0 Å². The Bertz CT molecular complexity index is 788. The number of ether oxygens (including phenoxy) is 1. The number of rotatable bonds is 4. The highest BCUT2D eigenvalue weighted by Crippen LogP contribution is 2.27. The Balaban J connectivity index is 1.39. The molecule has 27 heavy (non-hydrogen) atoms. The Hall–Kier alpha value is -2.34. The standard InChI is InChI=1S/C21H28N4O2/c1-2-24-11-9-22-21(24)18-7-5-10-25(15-18)20(26)16-23-12-13-27-19-8-4-3-6-17(19)14-23/h3-4,6,8-9,11,18H,2,5,7,10,12-16H2,1H3/t18-/m0/s1. The zero-order chi connectivity index (χ0) is 18.6. The average molecular weight is 368 g/mol. The maximum Gasteiger partial charge on any atom is 0.236 e. The molecule has 0 saturated carbocycles. The van der Waals surface area contributed by atoms with Crippen molar-refractivity contribution in [1.82, 2.24) is 19.4 Å². The summed E-state index contributed by atoms with van der Waals surface area (Å²) in [6, 6.07) is 8.11. The molecule has 3 heterocycles. The van der Waals surface area contributed by atoms with Gasteiger partial charge in [0.15, 0.2) is 0 Å². The maximum absolute atomic E-state index is 13.0. The fourth-order valence-electron chi connectivity index (χ4n) is 4.17. The quantitative estimate of drug-likeness (QED) is 0.832. The summed E-state index contributed by atoms with van der Waals surface area (Å²) in [5.41, 5.74) is 1.16. The minimum Gasteiger partial charge on any atom is -0.492 e. The number of carbonyl (C=O) groups excluding carboxylic acids is 1. The van der Waals surface area contributed by atoms with E-state index < -0.39 is 0 Å². The monoisotopic (exact) mass is 368 g/mol. The van der Waals surface area contributed by atoms with Gasteiger partial charge in [0, 0.05) is 56.6 Å². The molecular formula is C21H28N4O2. The van der Waals surface area contributed by atoms with Crippen LogP contribution in [0.4, 0.5) is 0 Å². The Morgan fingerprint density at radius 2 is 2.19 bits per heavy atom. The van der Waals surface area contributed by atoms with Gasteiger partial charge >= 0.3 is 0 Å². The number of benzene rings is 1. The number of imidazole rings is 1. The van der Waals surface area contributed by atoms with Gasteiger partial charge in [0.2, 0.25) is 5.91 Å². The summed E-state index contributed by atoms with van der Waals surface area (Å²) < 4.78 is 8.02. The molecule has 1 amide bonds. The summed E-state index contributed by atoms with van der Waals surface area (Å²) in [5.74, 6) is 2.61. The summed E-state index contributed by atoms with van der Waals surface area (Å²) in [7, 11) is 0. The van der Waals surface area contributed by atoms with Crippen molar-refractivity contribution in [3.8, 4) is 5.75 Å². The molecule has 144 valence electrons. The average Bonchev–Trinajstić information content (AvgIpc) is 3.09. The fraction of sp³-hybridized carbons (Fsp3) is 0.524. The van der Waals surface area contributed by atoms with Crippen LogP contribution in [0.5, 0.6) is 5.75 Å². The summed E-state index contributed by atoms with van der Waals surface area (Å²) in [5, 5.41) is 0. The van der Waals surface area contributed by atoms with Crippen molar-refractivity contribution in [2.75, 3.05) is 32.8 Å². The summed E-state index contributed by atoms with van der Waals surface area (Å²) in [4.78, 5) is 21.8. The van der Waals surface area contributed by atoms with E-state index in [1.54, 1.807) is 0 Å². The normalized spacial score (nSPS) is 20.6. The molecule has 6 nitrogen and oxygen atoms in total. The predicted molar refractivity (Wildman–Crippen MR) is 104 cm³/mol. The Morgan fingerprint density at radius 1 is 1.30 bits per heavy atom. The minimum atomic E-state index is 0.216. The number of piperidine rings is 1. The third-order valence-corrected chi connectivity index (χ3v) is 5.62. The summed E-state index contributed by atoms with van der Waals surface area (Å²) in [6.45, 7) is 7.30. The smallest absolute Gasteiger partial charge is 0.236 e. The SMILES string of the molecule is CCn1ccnc1[C@H]1CCCN(C(=O)CN2CCOc3ccccc3C2)C1. The molecule has 4 rings (SSSR count). The highest BCUT2D eigenvalue weighted by molar-refractivity contribution is 5.78. The third kappa shape index (κ3) is 4.00. The lowest BCUT2D eigenvalue weighted by Gasteiger charge is -2.34. The van der Waals surface area contributed by atoms with Crippen LogP contribution in [0.2, 0.25) is 0 Å². The van der Waals surface area contributed by atoms with Gasteiger partial charge in [0.1, 0.15) is 18.2 Å². The van der Waals surface area contributed by atoms with Crippen molar-refractivity contribution < 1.29 is 9.53 Å². The van der Waals surface area contributed by atoms with E-state index in [1.807, 2.05) is 35.5 Å². The van der Waals surface area contributed by atoms with E-state index in [4.69, 9.17) is 4.74 Å². The van der Waals surface area contributed by atoms with Crippen molar-refractivity contribution in [2.45, 2.75) is 38.8 Å². The molecule has 2 aliphatic rings. The van der Waals surface area contributed by atoms with Crippen LogP contribution in [-0.4, -0.2) is 58.0 Å². The number of aromatic nitrogens is 2. The van der Waals surface area contributed by atoms with E-state index in [0.717, 1.165) is 62.7 Å². The molecule has 1 fully saturated rings.